The molecule has 6 heteroatoms. The van der Waals surface area contributed by atoms with E-state index < -0.39 is 35.6 Å². The van der Waals surface area contributed by atoms with Crippen LogP contribution in [0.2, 0.25) is 0 Å². The number of aromatic hydroxyl groups is 1. The molecule has 0 saturated heterocycles. The van der Waals surface area contributed by atoms with Crippen LogP contribution in [-0.2, 0) is 23.9 Å². The fourth-order valence-corrected chi connectivity index (χ4v) is 4.41. The molecule has 0 aromatic heterocycles. The lowest BCUT2D eigenvalue weighted by molar-refractivity contribution is -0.167. The summed E-state index contributed by atoms with van der Waals surface area (Å²) in [6.45, 7) is 8.58. The van der Waals surface area contributed by atoms with Crippen LogP contribution in [0.4, 0.5) is 0 Å². The lowest BCUT2D eigenvalue weighted by Crippen LogP contribution is -2.50. The van der Waals surface area contributed by atoms with Gasteiger partial charge in [0.05, 0.1) is 31.0 Å². The molecule has 29 heavy (non-hydrogen) atoms. The maximum Gasteiger partial charge on any atom is 0.310 e. The summed E-state index contributed by atoms with van der Waals surface area (Å²) in [5.74, 6) is -3.94. The molecule has 0 spiro atoms. The standard InChI is InChI=1S/C23H30O6/c1-5-9-28-22(27)20-18-15-11-13(24)6-7-14(15)16(12-17(18)25)19(20)21(26)29-10-8-23(2,3)4/h6-7,11,16,18-20,24H,5,8-10,12H2,1-4H3. The van der Waals surface area contributed by atoms with E-state index in [1.807, 2.05) is 6.92 Å². The fraction of sp³-hybridized carbons (Fsp3) is 0.609. The van der Waals surface area contributed by atoms with Crippen molar-refractivity contribution in [3.8, 4) is 5.75 Å². The minimum atomic E-state index is -0.913. The van der Waals surface area contributed by atoms with Crippen molar-refractivity contribution in [3.05, 3.63) is 29.3 Å². The Hall–Kier alpha value is -2.37. The molecule has 1 aromatic rings. The van der Waals surface area contributed by atoms with Gasteiger partial charge in [0, 0.05) is 12.3 Å². The molecule has 2 bridgehead atoms. The molecule has 6 nitrogen and oxygen atoms in total. The monoisotopic (exact) mass is 402 g/mol. The number of ketones is 1. The zero-order chi connectivity index (χ0) is 21.3. The van der Waals surface area contributed by atoms with Crippen LogP contribution in [0.1, 0.15) is 69.9 Å². The second-order valence-electron chi connectivity index (χ2n) is 9.27. The molecule has 1 fully saturated rings. The van der Waals surface area contributed by atoms with Gasteiger partial charge in [0.2, 0.25) is 0 Å². The van der Waals surface area contributed by atoms with Gasteiger partial charge < -0.3 is 14.6 Å². The highest BCUT2D eigenvalue weighted by Crippen LogP contribution is 2.55. The summed E-state index contributed by atoms with van der Waals surface area (Å²) in [7, 11) is 0. The number of phenolic OH excluding ortho intramolecular Hbond substituents is 1. The highest BCUT2D eigenvalue weighted by Gasteiger charge is 2.57. The van der Waals surface area contributed by atoms with Gasteiger partial charge in [-0.05, 0) is 41.5 Å². The molecular weight excluding hydrogens is 372 g/mol. The van der Waals surface area contributed by atoms with E-state index in [0.29, 0.717) is 18.4 Å². The zero-order valence-electron chi connectivity index (χ0n) is 17.6. The number of phenols is 1. The Balaban J connectivity index is 1.94. The predicted molar refractivity (Wildman–Crippen MR) is 106 cm³/mol. The van der Waals surface area contributed by atoms with E-state index >= 15 is 0 Å². The Labute approximate surface area is 171 Å². The van der Waals surface area contributed by atoms with E-state index in [4.69, 9.17) is 9.47 Å². The molecule has 0 radical (unpaired) electrons. The molecule has 4 rings (SSSR count). The van der Waals surface area contributed by atoms with Crippen molar-refractivity contribution in [1.82, 2.24) is 0 Å². The number of hydrogen-bond donors (Lipinski definition) is 1. The Kier molecular flexibility index (Phi) is 6.01. The van der Waals surface area contributed by atoms with Gasteiger partial charge in [0.1, 0.15) is 11.5 Å². The number of carbonyl (C=O) groups is 3. The Bertz CT molecular complexity index is 806. The number of esters is 2. The molecule has 158 valence electrons. The number of benzene rings is 1. The van der Waals surface area contributed by atoms with Crippen molar-refractivity contribution < 1.29 is 29.0 Å². The largest absolute Gasteiger partial charge is 0.508 e. The quantitative estimate of drug-likeness (QED) is 0.730. The Morgan fingerprint density at radius 1 is 1.07 bits per heavy atom. The van der Waals surface area contributed by atoms with Gasteiger partial charge in [-0.15, -0.1) is 0 Å². The van der Waals surface area contributed by atoms with Crippen LogP contribution in [-0.4, -0.2) is 36.0 Å². The summed E-state index contributed by atoms with van der Waals surface area (Å²) >= 11 is 0. The molecule has 0 amide bonds. The first-order chi connectivity index (χ1) is 13.6. The molecular formula is C23H30O6. The number of Topliss-reactive ketones (excluding diaryl/α,β-unsaturated/α-hetero) is 1. The molecule has 3 aliphatic carbocycles. The van der Waals surface area contributed by atoms with Crippen LogP contribution in [0.5, 0.6) is 5.75 Å². The van der Waals surface area contributed by atoms with Gasteiger partial charge in [0.15, 0.2) is 0 Å². The average molecular weight is 402 g/mol. The van der Waals surface area contributed by atoms with E-state index in [9.17, 15) is 19.5 Å². The van der Waals surface area contributed by atoms with Crippen LogP contribution in [0.15, 0.2) is 18.2 Å². The summed E-state index contributed by atoms with van der Waals surface area (Å²) < 4.78 is 10.9. The molecule has 1 aromatic carbocycles. The summed E-state index contributed by atoms with van der Waals surface area (Å²) in [6.07, 6.45) is 1.55. The van der Waals surface area contributed by atoms with Crippen LogP contribution in [0.25, 0.3) is 0 Å². The lowest BCUT2D eigenvalue weighted by Gasteiger charge is -2.46. The molecule has 3 aliphatic rings. The molecule has 1 saturated carbocycles. The van der Waals surface area contributed by atoms with Crippen molar-refractivity contribution in [2.24, 2.45) is 17.3 Å². The van der Waals surface area contributed by atoms with Crippen molar-refractivity contribution in [2.75, 3.05) is 13.2 Å². The predicted octanol–water partition coefficient (Wildman–Crippen LogP) is 3.71. The third-order valence-corrected chi connectivity index (χ3v) is 5.84. The first kappa shape index (κ1) is 21.3. The number of hydrogen-bond acceptors (Lipinski definition) is 6. The van der Waals surface area contributed by atoms with Crippen molar-refractivity contribution >= 4 is 17.7 Å². The van der Waals surface area contributed by atoms with Crippen molar-refractivity contribution in [1.29, 1.82) is 0 Å². The van der Waals surface area contributed by atoms with Crippen molar-refractivity contribution in [3.63, 3.8) is 0 Å². The van der Waals surface area contributed by atoms with Crippen LogP contribution >= 0.6 is 0 Å². The Morgan fingerprint density at radius 2 is 1.72 bits per heavy atom. The lowest BCUT2D eigenvalue weighted by atomic mass is 9.55. The first-order valence-electron chi connectivity index (χ1n) is 10.3. The summed E-state index contributed by atoms with van der Waals surface area (Å²) in [5.41, 5.74) is 1.49. The number of rotatable bonds is 6. The van der Waals surface area contributed by atoms with Gasteiger partial charge in [-0.2, -0.15) is 0 Å². The van der Waals surface area contributed by atoms with E-state index in [1.165, 1.54) is 6.07 Å². The highest BCUT2D eigenvalue weighted by atomic mass is 16.5. The SMILES string of the molecule is CCCOC(=O)C1C2C(=O)CC(c3ccc(O)cc32)C1C(=O)OCCC(C)(C)C. The average Bonchev–Trinajstić information content (AvgIpc) is 2.64. The Morgan fingerprint density at radius 3 is 2.38 bits per heavy atom. The minimum Gasteiger partial charge on any atom is -0.508 e. The van der Waals surface area contributed by atoms with Gasteiger partial charge in [-0.3, -0.25) is 14.4 Å². The summed E-state index contributed by atoms with van der Waals surface area (Å²) in [6, 6.07) is 4.83. The van der Waals surface area contributed by atoms with Gasteiger partial charge >= 0.3 is 11.9 Å². The fourth-order valence-electron chi connectivity index (χ4n) is 4.41. The molecule has 0 heterocycles. The minimum absolute atomic E-state index is 0.0192. The van der Waals surface area contributed by atoms with E-state index in [0.717, 1.165) is 5.56 Å². The second-order valence-corrected chi connectivity index (χ2v) is 9.27. The van der Waals surface area contributed by atoms with Gasteiger partial charge in [0.25, 0.3) is 0 Å². The van der Waals surface area contributed by atoms with Crippen LogP contribution in [0, 0.1) is 17.3 Å². The molecule has 4 atom stereocenters. The zero-order valence-corrected chi connectivity index (χ0v) is 17.6. The third kappa shape index (κ3) is 4.31. The summed E-state index contributed by atoms with van der Waals surface area (Å²) in [4.78, 5) is 38.7. The molecule has 0 aliphatic heterocycles. The molecule has 4 unspecified atom stereocenters. The number of ether oxygens (including phenoxy) is 2. The smallest absolute Gasteiger partial charge is 0.310 e. The van der Waals surface area contributed by atoms with Gasteiger partial charge in [-0.25, -0.2) is 0 Å². The van der Waals surface area contributed by atoms with Gasteiger partial charge in [-0.1, -0.05) is 33.8 Å². The maximum atomic E-state index is 13.1. The van der Waals surface area contributed by atoms with Crippen LogP contribution < -0.4 is 0 Å². The summed E-state index contributed by atoms with van der Waals surface area (Å²) in [5, 5.41) is 9.92. The van der Waals surface area contributed by atoms with E-state index in [2.05, 4.69) is 20.8 Å². The second kappa shape index (κ2) is 8.17. The van der Waals surface area contributed by atoms with Crippen molar-refractivity contribution in [2.45, 2.75) is 58.8 Å². The topological polar surface area (TPSA) is 89.9 Å². The first-order valence-corrected chi connectivity index (χ1v) is 10.3. The number of fused-ring (bicyclic) bond motifs is 2. The third-order valence-electron chi connectivity index (χ3n) is 5.84. The normalized spacial score (nSPS) is 25.4. The van der Waals surface area contributed by atoms with Crippen LogP contribution in [0.3, 0.4) is 0 Å². The highest BCUT2D eigenvalue weighted by molar-refractivity contribution is 5.99. The van der Waals surface area contributed by atoms with E-state index in [-0.39, 0.29) is 36.6 Å². The van der Waals surface area contributed by atoms with E-state index in [1.54, 1.807) is 12.1 Å². The maximum absolute atomic E-state index is 13.1. The molecule has 1 N–H and O–H groups in total. The number of carbonyl (C=O) groups excluding carboxylic acids is 3.